The quantitative estimate of drug-likeness (QED) is 0.330. The summed E-state index contributed by atoms with van der Waals surface area (Å²) in [6, 6.07) is 0. The van der Waals surface area contributed by atoms with Gasteiger partial charge in [0.25, 0.3) is 6.10 Å². The van der Waals surface area contributed by atoms with Crippen LogP contribution in [0.4, 0.5) is 22.0 Å². The Morgan fingerprint density at radius 1 is 1.00 bits per heavy atom. The molecule has 0 radical (unpaired) electrons. The van der Waals surface area contributed by atoms with E-state index in [0.29, 0.717) is 0 Å². The summed E-state index contributed by atoms with van der Waals surface area (Å²) in [4.78, 5) is 12.4. The molecule has 1 atom stereocenters. The first-order chi connectivity index (χ1) is 11.2. The maximum atomic E-state index is 13.6. The Hall–Kier alpha value is 0.0300. The second-order valence-corrected chi connectivity index (χ2v) is 9.06. The number of carbonyl (C=O) groups excluding carboxylic acids is 1. The molecule has 0 aromatic carbocycles. The summed E-state index contributed by atoms with van der Waals surface area (Å²) in [5.74, 6) is -1.02. The van der Waals surface area contributed by atoms with E-state index < -0.39 is 39.0 Å². The van der Waals surface area contributed by atoms with E-state index in [1.807, 2.05) is 0 Å². The molecule has 0 heterocycles. The molecule has 4 aliphatic carbocycles. The SMILES string of the molecule is O=C(OC(C(F)(F)F)C(F)(F)S(=O)(=O)O)C12CC3CC(CC(C3)C1)C2.[NaH]. The van der Waals surface area contributed by atoms with E-state index in [0.717, 1.165) is 19.3 Å². The Morgan fingerprint density at radius 2 is 1.38 bits per heavy atom. The number of hydrogen-bond donors (Lipinski definition) is 1. The molecule has 146 valence electrons. The third-order valence-electron chi connectivity index (χ3n) is 5.64. The van der Waals surface area contributed by atoms with Crippen molar-refractivity contribution in [1.29, 1.82) is 0 Å². The first-order valence-corrected chi connectivity index (χ1v) is 9.31. The van der Waals surface area contributed by atoms with Gasteiger partial charge in [0.05, 0.1) is 5.41 Å². The van der Waals surface area contributed by atoms with Crippen LogP contribution in [-0.4, -0.2) is 66.0 Å². The van der Waals surface area contributed by atoms with Crippen LogP contribution >= 0.6 is 0 Å². The number of carbonyl (C=O) groups is 1. The predicted molar refractivity (Wildman–Crippen MR) is 80.2 cm³/mol. The third kappa shape index (κ3) is 3.78. The first kappa shape index (κ1) is 22.3. The van der Waals surface area contributed by atoms with Crippen LogP contribution in [0.5, 0.6) is 0 Å². The van der Waals surface area contributed by atoms with Crippen LogP contribution in [-0.2, 0) is 19.6 Å². The standard InChI is InChI=1S/C14H17F5O5S.Na.H/c15-13(16,17)10(14(18,19)25(21,22)23)24-11(20)12-4-7-1-8(5-12)3-9(2-7)6-12;;/h7-10H,1-6H2,(H,21,22,23);;. The van der Waals surface area contributed by atoms with Gasteiger partial charge in [-0.05, 0) is 56.3 Å². The molecule has 0 amide bonds. The van der Waals surface area contributed by atoms with Gasteiger partial charge in [0.15, 0.2) is 0 Å². The molecule has 0 spiro atoms. The van der Waals surface area contributed by atoms with Crippen molar-refractivity contribution < 1.29 is 44.5 Å². The molecule has 26 heavy (non-hydrogen) atoms. The van der Waals surface area contributed by atoms with Crippen molar-refractivity contribution in [2.45, 2.75) is 56.1 Å². The summed E-state index contributed by atoms with van der Waals surface area (Å²) in [5, 5.41) is -5.68. The van der Waals surface area contributed by atoms with E-state index >= 15 is 0 Å². The first-order valence-electron chi connectivity index (χ1n) is 7.87. The number of alkyl halides is 5. The van der Waals surface area contributed by atoms with Crippen molar-refractivity contribution in [1.82, 2.24) is 0 Å². The summed E-state index contributed by atoms with van der Waals surface area (Å²) >= 11 is 0. The zero-order valence-electron chi connectivity index (χ0n) is 12.9. The topological polar surface area (TPSA) is 80.7 Å². The fraction of sp³-hybridized carbons (Fsp3) is 0.929. The zero-order valence-corrected chi connectivity index (χ0v) is 13.7. The fourth-order valence-electron chi connectivity index (χ4n) is 5.05. The molecular weight excluding hydrogens is 398 g/mol. The molecular formula is C14H18F5NaO5S. The van der Waals surface area contributed by atoms with Gasteiger partial charge in [-0.25, -0.2) is 0 Å². The van der Waals surface area contributed by atoms with Crippen LogP contribution in [0.2, 0.25) is 0 Å². The van der Waals surface area contributed by atoms with Gasteiger partial charge in [-0.2, -0.15) is 30.4 Å². The molecule has 0 aliphatic heterocycles. The number of ether oxygens (including phenoxy) is 1. The number of esters is 1. The van der Waals surface area contributed by atoms with Gasteiger partial charge in [0, 0.05) is 0 Å². The van der Waals surface area contributed by atoms with Crippen LogP contribution < -0.4 is 0 Å². The maximum absolute atomic E-state index is 13.6. The average molecular weight is 416 g/mol. The van der Waals surface area contributed by atoms with E-state index in [-0.39, 0.29) is 66.6 Å². The molecule has 4 aliphatic rings. The summed E-state index contributed by atoms with van der Waals surface area (Å²) in [7, 11) is -6.42. The van der Waals surface area contributed by atoms with E-state index in [4.69, 9.17) is 4.55 Å². The molecule has 0 saturated heterocycles. The molecule has 0 aromatic rings. The van der Waals surface area contributed by atoms with E-state index in [1.165, 1.54) is 0 Å². The van der Waals surface area contributed by atoms with Crippen LogP contribution in [0.15, 0.2) is 0 Å². The van der Waals surface area contributed by atoms with E-state index in [2.05, 4.69) is 4.74 Å². The molecule has 1 N–H and O–H groups in total. The van der Waals surface area contributed by atoms with Gasteiger partial charge in [-0.15, -0.1) is 0 Å². The van der Waals surface area contributed by atoms with Gasteiger partial charge in [0.2, 0.25) is 0 Å². The Balaban J connectivity index is 0.00000243. The van der Waals surface area contributed by atoms with Crippen LogP contribution in [0.25, 0.3) is 0 Å². The molecule has 5 nitrogen and oxygen atoms in total. The van der Waals surface area contributed by atoms with Crippen LogP contribution in [0, 0.1) is 23.2 Å². The fourth-order valence-corrected chi connectivity index (χ4v) is 5.51. The second kappa shape index (κ2) is 6.82. The Kier molecular flexibility index (Phi) is 5.86. The molecule has 4 bridgehead atoms. The van der Waals surface area contributed by atoms with E-state index in [1.54, 1.807) is 0 Å². The van der Waals surface area contributed by atoms with E-state index in [9.17, 15) is 35.2 Å². The minimum absolute atomic E-state index is 0. The van der Waals surface area contributed by atoms with Crippen molar-refractivity contribution in [3.63, 3.8) is 0 Å². The van der Waals surface area contributed by atoms with Gasteiger partial charge < -0.3 is 4.74 Å². The Morgan fingerprint density at radius 3 is 1.69 bits per heavy atom. The van der Waals surface area contributed by atoms with Crippen molar-refractivity contribution in [2.75, 3.05) is 0 Å². The molecule has 0 aromatic heterocycles. The van der Waals surface area contributed by atoms with Gasteiger partial charge >= 0.3 is 57.1 Å². The molecule has 4 fully saturated rings. The second-order valence-electron chi connectivity index (χ2n) is 7.56. The molecule has 12 heteroatoms. The number of hydrogen-bond acceptors (Lipinski definition) is 4. The number of halogens is 5. The third-order valence-corrected chi connectivity index (χ3v) is 6.54. The Labute approximate surface area is 169 Å². The number of rotatable bonds is 4. The summed E-state index contributed by atoms with van der Waals surface area (Å²) < 4.78 is 99.9. The molecule has 4 saturated carbocycles. The van der Waals surface area contributed by atoms with Crippen molar-refractivity contribution in [3.05, 3.63) is 0 Å². The summed E-state index contributed by atoms with van der Waals surface area (Å²) in [6.07, 6.45) is -6.73. The van der Waals surface area contributed by atoms with Crippen molar-refractivity contribution >= 4 is 45.6 Å². The monoisotopic (exact) mass is 416 g/mol. The minimum atomic E-state index is -6.42. The normalized spacial score (nSPS) is 34.9. The van der Waals surface area contributed by atoms with Crippen LogP contribution in [0.1, 0.15) is 38.5 Å². The summed E-state index contributed by atoms with van der Waals surface area (Å²) in [5.41, 5.74) is -1.27. The zero-order chi connectivity index (χ0) is 18.8. The van der Waals surface area contributed by atoms with Crippen molar-refractivity contribution in [3.8, 4) is 0 Å². The van der Waals surface area contributed by atoms with Crippen LogP contribution in [0.3, 0.4) is 0 Å². The van der Waals surface area contributed by atoms with Gasteiger partial charge in [0.1, 0.15) is 0 Å². The predicted octanol–water partition coefficient (Wildman–Crippen LogP) is 2.51. The summed E-state index contributed by atoms with van der Waals surface area (Å²) in [6.45, 7) is 0. The average Bonchev–Trinajstić information content (AvgIpc) is 2.40. The Bertz CT molecular complexity index is 642. The van der Waals surface area contributed by atoms with Gasteiger partial charge in [-0.1, -0.05) is 0 Å². The molecule has 4 rings (SSSR count). The molecule has 1 unspecified atom stereocenters. The van der Waals surface area contributed by atoms with Crippen molar-refractivity contribution in [2.24, 2.45) is 23.2 Å². The van der Waals surface area contributed by atoms with Gasteiger partial charge in [-0.3, -0.25) is 9.35 Å².